The average molecular weight is 570 g/mol. The first kappa shape index (κ1) is 26.8. The van der Waals surface area contributed by atoms with Crippen molar-refractivity contribution < 1.29 is 28.9 Å². The Morgan fingerprint density at radius 3 is 2.57 bits per heavy atom. The van der Waals surface area contributed by atoms with Crippen LogP contribution in [0.25, 0.3) is 0 Å². The summed E-state index contributed by atoms with van der Waals surface area (Å²) >= 11 is 3.40. The maximum Gasteiger partial charge on any atom is 0.336 e. The number of carbonyl (C=O) groups is 2. The van der Waals surface area contributed by atoms with Gasteiger partial charge in [0.1, 0.15) is 19.0 Å². The number of carbonyl (C=O) groups excluding carboxylic acids is 2. The Labute approximate surface area is 225 Å². The number of Topliss-reactive ketones (excluding diaryl/α,β-unsaturated/α-hetero) is 1. The zero-order valence-corrected chi connectivity index (χ0v) is 23.1. The molecular weight excluding hydrogens is 538 g/mol. The number of allylic oxidation sites excluding steroid dienone is 3. The predicted molar refractivity (Wildman–Crippen MR) is 143 cm³/mol. The van der Waals surface area contributed by atoms with Crippen molar-refractivity contribution >= 4 is 27.7 Å². The van der Waals surface area contributed by atoms with Crippen LogP contribution < -0.4 is 14.8 Å². The molecule has 37 heavy (non-hydrogen) atoms. The Bertz CT molecular complexity index is 1260. The van der Waals surface area contributed by atoms with E-state index in [1.165, 1.54) is 0 Å². The number of hydrogen-bond donors (Lipinski definition) is 2. The van der Waals surface area contributed by atoms with Crippen molar-refractivity contribution in [2.45, 2.75) is 46.5 Å². The Kier molecular flexibility index (Phi) is 7.97. The van der Waals surface area contributed by atoms with E-state index in [9.17, 15) is 14.7 Å². The fraction of sp³-hybridized carbons (Fsp3) is 0.379. The number of benzene rings is 2. The van der Waals surface area contributed by atoms with Crippen LogP contribution in [0.2, 0.25) is 0 Å². The molecule has 1 aliphatic heterocycles. The summed E-state index contributed by atoms with van der Waals surface area (Å²) in [7, 11) is 0. The summed E-state index contributed by atoms with van der Waals surface area (Å²) in [5.74, 6) is -0.285. The number of esters is 1. The van der Waals surface area contributed by atoms with Crippen LogP contribution in [0, 0.1) is 5.41 Å². The van der Waals surface area contributed by atoms with Gasteiger partial charge in [-0.3, -0.25) is 4.79 Å². The number of phenols is 1. The highest BCUT2D eigenvalue weighted by molar-refractivity contribution is 9.10. The SMILES string of the molecule is CCOc1cc([C@H]2C(C(=O)OCCOc3ccccc3)=C(C)NC3=C2C(=O)CC(C)(C)C3)cc(Br)c1O. The van der Waals surface area contributed by atoms with Crippen LogP contribution in [-0.4, -0.2) is 36.7 Å². The van der Waals surface area contributed by atoms with E-state index in [0.29, 0.717) is 52.1 Å². The van der Waals surface area contributed by atoms with E-state index < -0.39 is 11.9 Å². The maximum absolute atomic E-state index is 13.5. The van der Waals surface area contributed by atoms with E-state index in [1.807, 2.05) is 44.2 Å². The molecule has 1 heterocycles. The summed E-state index contributed by atoms with van der Waals surface area (Å²) < 4.78 is 17.3. The number of rotatable bonds is 8. The number of hydrogen-bond acceptors (Lipinski definition) is 7. The van der Waals surface area contributed by atoms with Crippen LogP contribution >= 0.6 is 15.9 Å². The second-order valence-corrected chi connectivity index (χ2v) is 10.9. The van der Waals surface area contributed by atoms with Gasteiger partial charge in [0.05, 0.1) is 16.7 Å². The number of ether oxygens (including phenoxy) is 3. The third kappa shape index (κ3) is 5.85. The minimum Gasteiger partial charge on any atom is -0.503 e. The van der Waals surface area contributed by atoms with Crippen LogP contribution in [0.3, 0.4) is 0 Å². The van der Waals surface area contributed by atoms with Crippen LogP contribution in [0.4, 0.5) is 0 Å². The Balaban J connectivity index is 1.68. The van der Waals surface area contributed by atoms with Crippen molar-refractivity contribution in [3.05, 3.63) is 75.0 Å². The van der Waals surface area contributed by atoms with Gasteiger partial charge >= 0.3 is 5.97 Å². The minimum atomic E-state index is -0.668. The summed E-state index contributed by atoms with van der Waals surface area (Å²) in [6.45, 7) is 8.35. The van der Waals surface area contributed by atoms with Crippen LogP contribution in [0.5, 0.6) is 17.2 Å². The van der Waals surface area contributed by atoms with E-state index >= 15 is 0 Å². The van der Waals surface area contributed by atoms with Crippen molar-refractivity contribution in [3.8, 4) is 17.2 Å². The Morgan fingerprint density at radius 1 is 1.14 bits per heavy atom. The minimum absolute atomic E-state index is 0.0175. The van der Waals surface area contributed by atoms with Gasteiger partial charge in [-0.2, -0.15) is 0 Å². The number of aromatic hydroxyl groups is 1. The quantitative estimate of drug-likeness (QED) is 0.307. The molecule has 2 aromatic rings. The summed E-state index contributed by atoms with van der Waals surface area (Å²) in [5.41, 5.74) is 2.80. The molecule has 0 spiro atoms. The van der Waals surface area contributed by atoms with Crippen LogP contribution in [0.15, 0.2) is 69.5 Å². The molecule has 196 valence electrons. The molecule has 2 N–H and O–H groups in total. The lowest BCUT2D eigenvalue weighted by molar-refractivity contribution is -0.140. The van der Waals surface area contributed by atoms with E-state index in [2.05, 4.69) is 35.1 Å². The average Bonchev–Trinajstić information content (AvgIpc) is 2.83. The molecule has 8 heteroatoms. The van der Waals surface area contributed by atoms with Gasteiger partial charge in [0.25, 0.3) is 0 Å². The fourth-order valence-corrected chi connectivity index (χ4v) is 5.41. The first-order valence-corrected chi connectivity index (χ1v) is 13.1. The highest BCUT2D eigenvalue weighted by Crippen LogP contribution is 2.49. The first-order chi connectivity index (χ1) is 17.6. The molecule has 0 radical (unpaired) electrons. The second-order valence-electron chi connectivity index (χ2n) is 10.0. The third-order valence-electron chi connectivity index (χ3n) is 6.47. The van der Waals surface area contributed by atoms with Gasteiger partial charge in [0, 0.05) is 29.3 Å². The summed E-state index contributed by atoms with van der Waals surface area (Å²) in [4.78, 5) is 27.0. The normalized spacial score (nSPS) is 18.7. The number of nitrogens with one attached hydrogen (secondary N) is 1. The molecule has 0 amide bonds. The van der Waals surface area contributed by atoms with Gasteiger partial charge in [-0.25, -0.2) is 4.79 Å². The van der Waals surface area contributed by atoms with Gasteiger partial charge < -0.3 is 24.6 Å². The third-order valence-corrected chi connectivity index (χ3v) is 7.08. The molecule has 2 aromatic carbocycles. The molecular formula is C29H32BrNO6. The summed E-state index contributed by atoms with van der Waals surface area (Å²) in [6, 6.07) is 12.7. The predicted octanol–water partition coefficient (Wildman–Crippen LogP) is 5.78. The Morgan fingerprint density at radius 2 is 1.86 bits per heavy atom. The maximum atomic E-state index is 13.5. The summed E-state index contributed by atoms with van der Waals surface area (Å²) in [6.07, 6.45) is 1.04. The molecule has 7 nitrogen and oxygen atoms in total. The smallest absolute Gasteiger partial charge is 0.336 e. The lowest BCUT2D eigenvalue weighted by Crippen LogP contribution is -2.38. The van der Waals surface area contributed by atoms with Gasteiger partial charge in [0.15, 0.2) is 17.3 Å². The van der Waals surface area contributed by atoms with Gasteiger partial charge in [-0.05, 0) is 71.4 Å². The fourth-order valence-electron chi connectivity index (χ4n) is 4.95. The lowest BCUT2D eigenvalue weighted by Gasteiger charge is -2.39. The van der Waals surface area contributed by atoms with E-state index in [-0.39, 0.29) is 35.9 Å². The molecule has 2 aliphatic rings. The van der Waals surface area contributed by atoms with E-state index in [1.54, 1.807) is 12.1 Å². The topological polar surface area (TPSA) is 94.1 Å². The first-order valence-electron chi connectivity index (χ1n) is 12.4. The van der Waals surface area contributed by atoms with Crippen LogP contribution in [-0.2, 0) is 14.3 Å². The zero-order valence-electron chi connectivity index (χ0n) is 21.5. The van der Waals surface area contributed by atoms with E-state index in [0.717, 1.165) is 5.70 Å². The number of ketones is 1. The molecule has 1 atom stereocenters. The molecule has 4 rings (SSSR count). The molecule has 0 saturated carbocycles. The number of dihydropyridines is 1. The highest BCUT2D eigenvalue weighted by Gasteiger charge is 2.43. The van der Waals surface area contributed by atoms with Crippen molar-refractivity contribution in [2.24, 2.45) is 5.41 Å². The number of phenolic OH excluding ortho intramolecular Hbond substituents is 1. The molecule has 1 aliphatic carbocycles. The molecule has 0 unspecified atom stereocenters. The Hall–Kier alpha value is -3.26. The molecule has 0 fully saturated rings. The molecule has 0 aromatic heterocycles. The largest absolute Gasteiger partial charge is 0.503 e. The lowest BCUT2D eigenvalue weighted by atomic mass is 9.68. The van der Waals surface area contributed by atoms with Gasteiger partial charge in [0.2, 0.25) is 0 Å². The number of para-hydroxylation sites is 1. The van der Waals surface area contributed by atoms with Gasteiger partial charge in [-0.1, -0.05) is 32.0 Å². The van der Waals surface area contributed by atoms with Crippen molar-refractivity contribution in [3.63, 3.8) is 0 Å². The highest BCUT2D eigenvalue weighted by atomic mass is 79.9. The molecule has 0 bridgehead atoms. The van der Waals surface area contributed by atoms with E-state index in [4.69, 9.17) is 14.2 Å². The van der Waals surface area contributed by atoms with Gasteiger partial charge in [-0.15, -0.1) is 0 Å². The second kappa shape index (κ2) is 11.0. The van der Waals surface area contributed by atoms with Crippen molar-refractivity contribution in [1.29, 1.82) is 0 Å². The standard InChI is InChI=1S/C29H32BrNO6/c1-5-35-23-14-18(13-20(30)27(23)33)25-24(28(34)37-12-11-36-19-9-7-6-8-10-19)17(2)31-21-15-29(3,4)16-22(32)26(21)25/h6-10,13-14,25,31,33H,5,11-12,15-16H2,1-4H3/t25-/m0/s1. The van der Waals surface area contributed by atoms with Crippen molar-refractivity contribution in [1.82, 2.24) is 5.32 Å². The van der Waals surface area contributed by atoms with Crippen molar-refractivity contribution in [2.75, 3.05) is 19.8 Å². The summed E-state index contributed by atoms with van der Waals surface area (Å²) in [5, 5.41) is 13.8. The number of halogens is 1. The molecule has 0 saturated heterocycles. The zero-order chi connectivity index (χ0) is 26.7. The van der Waals surface area contributed by atoms with Crippen LogP contribution in [0.1, 0.15) is 52.0 Å². The monoisotopic (exact) mass is 569 g/mol.